The van der Waals surface area contributed by atoms with Gasteiger partial charge in [-0.2, -0.15) is 0 Å². The predicted octanol–water partition coefficient (Wildman–Crippen LogP) is 5.37. The summed E-state index contributed by atoms with van der Waals surface area (Å²) in [6.07, 6.45) is 11.5. The van der Waals surface area contributed by atoms with Crippen LogP contribution in [0.5, 0.6) is 0 Å². The van der Waals surface area contributed by atoms with Gasteiger partial charge in [0.2, 0.25) is 0 Å². The summed E-state index contributed by atoms with van der Waals surface area (Å²) in [5.74, 6) is 0. The van der Waals surface area contributed by atoms with Crippen LogP contribution in [0.3, 0.4) is 0 Å². The van der Waals surface area contributed by atoms with E-state index < -0.39 is 0 Å². The van der Waals surface area contributed by atoms with Gasteiger partial charge in [0.05, 0.1) is 0 Å². The van der Waals surface area contributed by atoms with Gasteiger partial charge in [-0.1, -0.05) is 62.0 Å². The van der Waals surface area contributed by atoms with Crippen molar-refractivity contribution in [1.82, 2.24) is 0 Å². The van der Waals surface area contributed by atoms with Crippen LogP contribution in [0.15, 0.2) is 59.3 Å². The summed E-state index contributed by atoms with van der Waals surface area (Å²) in [4.78, 5) is 0. The normalized spacial score (nSPS) is 16.1. The van der Waals surface area contributed by atoms with Crippen LogP contribution in [0.2, 0.25) is 0 Å². The van der Waals surface area contributed by atoms with E-state index in [0.717, 1.165) is 6.42 Å². The molecule has 0 aliphatic heterocycles. The van der Waals surface area contributed by atoms with Gasteiger partial charge in [0.1, 0.15) is 0 Å². The molecular weight excluding hydrogens is 192 g/mol. The smallest absolute Gasteiger partial charge is 0.00581 e. The molecule has 1 aliphatic rings. The largest absolute Gasteiger partial charge is 0.0985 e. The molecule has 0 spiro atoms. The molecule has 0 fully saturated rings. The minimum Gasteiger partial charge on any atom is -0.0985 e. The van der Waals surface area contributed by atoms with E-state index >= 15 is 0 Å². The third-order valence-electron chi connectivity index (χ3n) is 2.58. The van der Waals surface area contributed by atoms with E-state index in [1.54, 1.807) is 0 Å². The Bertz CT molecular complexity index is 346. The second-order valence-electron chi connectivity index (χ2n) is 3.66. The first-order valence-electron chi connectivity index (χ1n) is 6.01. The average molecular weight is 216 g/mol. The van der Waals surface area contributed by atoms with Crippen molar-refractivity contribution in [3.8, 4) is 0 Å². The summed E-state index contributed by atoms with van der Waals surface area (Å²) in [5.41, 5.74) is 5.48. The van der Waals surface area contributed by atoms with E-state index in [0.29, 0.717) is 0 Å². The molecular formula is C16H24. The van der Waals surface area contributed by atoms with Crippen molar-refractivity contribution in [2.75, 3.05) is 0 Å². The number of hydrogen-bond donors (Lipinski definition) is 0. The van der Waals surface area contributed by atoms with Crippen molar-refractivity contribution in [2.24, 2.45) is 0 Å². The van der Waals surface area contributed by atoms with Gasteiger partial charge >= 0.3 is 0 Å². The first-order chi connectivity index (χ1) is 7.69. The average Bonchev–Trinajstić information content (AvgIpc) is 2.63. The van der Waals surface area contributed by atoms with Gasteiger partial charge in [0.15, 0.2) is 0 Å². The maximum Gasteiger partial charge on any atom is -0.00581 e. The molecule has 0 saturated heterocycles. The fraction of sp³-hybridized carbons (Fsp3) is 0.375. The minimum atomic E-state index is 1.07. The second-order valence-corrected chi connectivity index (χ2v) is 3.66. The van der Waals surface area contributed by atoms with E-state index in [4.69, 9.17) is 0 Å². The van der Waals surface area contributed by atoms with E-state index in [9.17, 15) is 0 Å². The van der Waals surface area contributed by atoms with E-state index in [1.807, 2.05) is 32.9 Å². The predicted molar refractivity (Wildman–Crippen MR) is 75.5 cm³/mol. The van der Waals surface area contributed by atoms with Crippen LogP contribution in [0.1, 0.15) is 41.0 Å². The third kappa shape index (κ3) is 4.06. The Hall–Kier alpha value is -1.30. The summed E-state index contributed by atoms with van der Waals surface area (Å²) in [6.45, 7) is 14.2. The van der Waals surface area contributed by atoms with Crippen LogP contribution in [-0.4, -0.2) is 0 Å². The summed E-state index contributed by atoms with van der Waals surface area (Å²) >= 11 is 0. The monoisotopic (exact) mass is 216 g/mol. The minimum absolute atomic E-state index is 1.07. The molecule has 1 rings (SSSR count). The zero-order valence-corrected chi connectivity index (χ0v) is 11.3. The van der Waals surface area contributed by atoms with Crippen LogP contribution in [0, 0.1) is 0 Å². The lowest BCUT2D eigenvalue weighted by molar-refractivity contribution is 1.16. The van der Waals surface area contributed by atoms with Crippen molar-refractivity contribution >= 4 is 0 Å². The Morgan fingerprint density at radius 3 is 2.31 bits per heavy atom. The van der Waals surface area contributed by atoms with Gasteiger partial charge < -0.3 is 0 Å². The fourth-order valence-electron chi connectivity index (χ4n) is 1.55. The Morgan fingerprint density at radius 2 is 1.94 bits per heavy atom. The first-order valence-corrected chi connectivity index (χ1v) is 6.01. The Kier molecular flexibility index (Phi) is 7.28. The van der Waals surface area contributed by atoms with Gasteiger partial charge in [-0.25, -0.2) is 0 Å². The van der Waals surface area contributed by atoms with E-state index in [2.05, 4.69) is 38.7 Å². The maximum absolute atomic E-state index is 3.85. The van der Waals surface area contributed by atoms with Crippen LogP contribution < -0.4 is 0 Å². The number of allylic oxidation sites excluding steroid dienone is 9. The lowest BCUT2D eigenvalue weighted by Crippen LogP contribution is -1.83. The van der Waals surface area contributed by atoms with Gasteiger partial charge in [-0.15, -0.1) is 0 Å². The highest BCUT2D eigenvalue weighted by atomic mass is 14.2. The van der Waals surface area contributed by atoms with E-state index in [1.165, 1.54) is 22.3 Å². The van der Waals surface area contributed by atoms with Crippen LogP contribution >= 0.6 is 0 Å². The lowest BCUT2D eigenvalue weighted by Gasteiger charge is -2.02. The lowest BCUT2D eigenvalue weighted by atomic mass is 10.0. The van der Waals surface area contributed by atoms with Crippen molar-refractivity contribution < 1.29 is 0 Å². The molecule has 0 saturated carbocycles. The van der Waals surface area contributed by atoms with Gasteiger partial charge in [-0.3, -0.25) is 0 Å². The molecule has 0 amide bonds. The second kappa shape index (κ2) is 7.92. The molecule has 0 unspecified atom stereocenters. The highest BCUT2D eigenvalue weighted by Crippen LogP contribution is 2.29. The fourth-order valence-corrected chi connectivity index (χ4v) is 1.55. The topological polar surface area (TPSA) is 0 Å². The van der Waals surface area contributed by atoms with Crippen molar-refractivity contribution in [3.63, 3.8) is 0 Å². The van der Waals surface area contributed by atoms with Gasteiger partial charge in [0.25, 0.3) is 0 Å². The summed E-state index contributed by atoms with van der Waals surface area (Å²) in [6, 6.07) is 0. The summed E-state index contributed by atoms with van der Waals surface area (Å²) in [5, 5.41) is 0. The molecule has 0 N–H and O–H groups in total. The zero-order valence-electron chi connectivity index (χ0n) is 11.3. The molecule has 0 heteroatoms. The van der Waals surface area contributed by atoms with Crippen molar-refractivity contribution in [2.45, 2.75) is 41.0 Å². The Morgan fingerprint density at radius 1 is 1.31 bits per heavy atom. The zero-order chi connectivity index (χ0) is 12.6. The van der Waals surface area contributed by atoms with Crippen LogP contribution in [-0.2, 0) is 0 Å². The van der Waals surface area contributed by atoms with Crippen LogP contribution in [0.25, 0.3) is 0 Å². The quantitative estimate of drug-likeness (QED) is 0.556. The number of hydrogen-bond acceptors (Lipinski definition) is 0. The molecule has 88 valence electrons. The SMILES string of the molecule is C=C/C(=C\C=C/C)C1=CC(C)=C(C)C1.CC. The van der Waals surface area contributed by atoms with Gasteiger partial charge in [-0.05, 0) is 38.3 Å². The van der Waals surface area contributed by atoms with E-state index in [-0.39, 0.29) is 0 Å². The molecule has 0 atom stereocenters. The van der Waals surface area contributed by atoms with Crippen molar-refractivity contribution in [1.29, 1.82) is 0 Å². The molecule has 0 aromatic carbocycles. The molecule has 0 radical (unpaired) electrons. The van der Waals surface area contributed by atoms with Crippen molar-refractivity contribution in [3.05, 3.63) is 59.3 Å². The maximum atomic E-state index is 3.85. The molecule has 0 aromatic rings. The summed E-state index contributed by atoms with van der Waals surface area (Å²) in [7, 11) is 0. The molecule has 0 heterocycles. The molecule has 0 bridgehead atoms. The molecule has 0 aromatic heterocycles. The molecule has 0 nitrogen and oxygen atoms in total. The van der Waals surface area contributed by atoms with Gasteiger partial charge in [0, 0.05) is 0 Å². The highest BCUT2D eigenvalue weighted by molar-refractivity contribution is 5.51. The standard InChI is InChI=1S/C14H18.C2H6/c1-5-7-8-13(6-2)14-9-11(3)12(4)10-14;1-2/h5-9H,2,10H2,1,3-4H3;1-2H3/b7-5-,13-8+;. The Labute approximate surface area is 101 Å². The third-order valence-corrected chi connectivity index (χ3v) is 2.58. The summed E-state index contributed by atoms with van der Waals surface area (Å²) < 4.78 is 0. The first kappa shape index (κ1) is 14.7. The highest BCUT2D eigenvalue weighted by Gasteiger charge is 2.10. The van der Waals surface area contributed by atoms with Crippen LogP contribution in [0.4, 0.5) is 0 Å². The Balaban J connectivity index is 0.00000106. The number of rotatable bonds is 3. The molecule has 1 aliphatic carbocycles. The molecule has 16 heavy (non-hydrogen) atoms.